The molecular weight excluding hydrogens is 334 g/mol. The molecule has 2 aliphatic rings. The van der Waals surface area contributed by atoms with Crippen LogP contribution in [0.3, 0.4) is 0 Å². The highest BCUT2D eigenvalue weighted by Crippen LogP contribution is 2.43. The van der Waals surface area contributed by atoms with E-state index in [2.05, 4.69) is 54.1 Å². The van der Waals surface area contributed by atoms with Crippen LogP contribution in [-0.4, -0.2) is 52.9 Å². The number of carbonyl (C=O) groups is 1. The molecule has 0 bridgehead atoms. The predicted molar refractivity (Wildman–Crippen MR) is 108 cm³/mol. The molecule has 0 N–H and O–H groups in total. The van der Waals surface area contributed by atoms with Crippen LogP contribution >= 0.6 is 0 Å². The summed E-state index contributed by atoms with van der Waals surface area (Å²) in [5.74, 6) is 0.643. The molecule has 0 spiro atoms. The Labute approximate surface area is 162 Å². The van der Waals surface area contributed by atoms with E-state index in [1.165, 1.54) is 5.56 Å². The quantitative estimate of drug-likeness (QED) is 0.832. The number of rotatable bonds is 3. The Morgan fingerprint density at radius 1 is 1.04 bits per heavy atom. The van der Waals surface area contributed by atoms with Gasteiger partial charge in [-0.05, 0) is 36.0 Å². The lowest BCUT2D eigenvalue weighted by molar-refractivity contribution is 0.0629. The fraction of sp³-hybridized carbons (Fsp3) is 0.478. The van der Waals surface area contributed by atoms with Gasteiger partial charge in [0, 0.05) is 44.3 Å². The first-order valence-electron chi connectivity index (χ1n) is 10.0. The maximum Gasteiger partial charge on any atom is 0.272 e. The largest absolute Gasteiger partial charge is 0.337 e. The molecular formula is C23H29N3O. The summed E-state index contributed by atoms with van der Waals surface area (Å²) < 4.78 is 0. The molecule has 4 heteroatoms. The van der Waals surface area contributed by atoms with Gasteiger partial charge in [0.05, 0.1) is 0 Å². The van der Waals surface area contributed by atoms with E-state index in [0.717, 1.165) is 39.0 Å². The fourth-order valence-corrected chi connectivity index (χ4v) is 4.79. The fourth-order valence-electron chi connectivity index (χ4n) is 4.79. The molecule has 1 aromatic carbocycles. The van der Waals surface area contributed by atoms with Crippen molar-refractivity contribution < 1.29 is 4.79 Å². The Balaban J connectivity index is 1.38. The van der Waals surface area contributed by atoms with Gasteiger partial charge in [0.25, 0.3) is 5.91 Å². The molecule has 0 aliphatic carbocycles. The van der Waals surface area contributed by atoms with Crippen molar-refractivity contribution in [2.24, 2.45) is 5.41 Å². The van der Waals surface area contributed by atoms with Crippen molar-refractivity contribution in [1.29, 1.82) is 0 Å². The number of nitrogens with zero attached hydrogens (tertiary/aromatic N) is 3. The number of pyridine rings is 1. The highest BCUT2D eigenvalue weighted by Gasteiger charge is 2.43. The smallest absolute Gasteiger partial charge is 0.272 e. The van der Waals surface area contributed by atoms with Gasteiger partial charge in [-0.2, -0.15) is 0 Å². The van der Waals surface area contributed by atoms with Gasteiger partial charge in [-0.25, -0.2) is 0 Å². The number of hydrogen-bond acceptors (Lipinski definition) is 3. The van der Waals surface area contributed by atoms with Crippen molar-refractivity contribution in [2.45, 2.75) is 38.6 Å². The molecule has 0 radical (unpaired) electrons. The molecule has 4 nitrogen and oxygen atoms in total. The van der Waals surface area contributed by atoms with Gasteiger partial charge < -0.3 is 4.90 Å². The van der Waals surface area contributed by atoms with Crippen molar-refractivity contribution >= 4 is 5.91 Å². The van der Waals surface area contributed by atoms with Crippen LogP contribution < -0.4 is 0 Å². The van der Waals surface area contributed by atoms with Crippen molar-refractivity contribution in [3.63, 3.8) is 0 Å². The first kappa shape index (κ1) is 18.2. The number of likely N-dealkylation sites (tertiary alicyclic amines) is 2. The Kier molecular flexibility index (Phi) is 5.00. The van der Waals surface area contributed by atoms with Crippen LogP contribution in [0.15, 0.2) is 54.7 Å². The Hall–Kier alpha value is -2.20. The molecule has 3 heterocycles. The lowest BCUT2D eigenvalue weighted by Gasteiger charge is -2.37. The van der Waals surface area contributed by atoms with Crippen LogP contribution in [0.1, 0.15) is 48.7 Å². The second-order valence-corrected chi connectivity index (χ2v) is 8.62. The number of hydrogen-bond donors (Lipinski definition) is 0. The Bertz CT molecular complexity index is 767. The Morgan fingerprint density at radius 3 is 2.41 bits per heavy atom. The molecule has 0 unspecified atom stereocenters. The number of piperidine rings is 1. The average Bonchev–Trinajstić information content (AvgIpc) is 3.04. The highest BCUT2D eigenvalue weighted by molar-refractivity contribution is 5.92. The third-order valence-electron chi connectivity index (χ3n) is 6.33. The minimum atomic E-state index is 0.0676. The van der Waals surface area contributed by atoms with Crippen molar-refractivity contribution in [2.75, 3.05) is 26.2 Å². The van der Waals surface area contributed by atoms with Crippen molar-refractivity contribution in [3.8, 4) is 0 Å². The van der Waals surface area contributed by atoms with E-state index in [0.29, 0.717) is 17.7 Å². The number of amides is 1. The summed E-state index contributed by atoms with van der Waals surface area (Å²) in [4.78, 5) is 21.5. The SMILES string of the molecule is CC1(C)CN(C2CCN(C(=O)c3ccccn3)CC2)C[C@@H]1c1ccccc1. The number of carbonyl (C=O) groups excluding carboxylic acids is 1. The normalized spacial score (nSPS) is 23.5. The maximum atomic E-state index is 12.6. The topological polar surface area (TPSA) is 36.4 Å². The van der Waals surface area contributed by atoms with E-state index in [9.17, 15) is 4.79 Å². The van der Waals surface area contributed by atoms with Crippen LogP contribution in [0, 0.1) is 5.41 Å². The summed E-state index contributed by atoms with van der Waals surface area (Å²) in [6.07, 6.45) is 3.79. The average molecular weight is 364 g/mol. The number of benzene rings is 1. The van der Waals surface area contributed by atoms with Gasteiger partial charge in [0.1, 0.15) is 5.69 Å². The summed E-state index contributed by atoms with van der Waals surface area (Å²) in [6.45, 7) is 8.69. The Morgan fingerprint density at radius 2 is 1.74 bits per heavy atom. The molecule has 2 aliphatic heterocycles. The lowest BCUT2D eigenvalue weighted by atomic mass is 9.78. The van der Waals surface area contributed by atoms with Gasteiger partial charge in [-0.3, -0.25) is 14.7 Å². The monoisotopic (exact) mass is 363 g/mol. The summed E-state index contributed by atoms with van der Waals surface area (Å²) in [6, 6.07) is 17.0. The van der Waals surface area contributed by atoms with E-state index in [4.69, 9.17) is 0 Å². The molecule has 142 valence electrons. The molecule has 4 rings (SSSR count). The van der Waals surface area contributed by atoms with Gasteiger partial charge in [-0.1, -0.05) is 50.2 Å². The molecule has 2 aromatic rings. The summed E-state index contributed by atoms with van der Waals surface area (Å²) >= 11 is 0. The van der Waals surface area contributed by atoms with E-state index < -0.39 is 0 Å². The zero-order valence-electron chi connectivity index (χ0n) is 16.3. The van der Waals surface area contributed by atoms with Crippen molar-refractivity contribution in [3.05, 3.63) is 66.0 Å². The van der Waals surface area contributed by atoms with Gasteiger partial charge in [0.15, 0.2) is 0 Å². The van der Waals surface area contributed by atoms with Crippen LogP contribution in [-0.2, 0) is 0 Å². The van der Waals surface area contributed by atoms with E-state index in [1.54, 1.807) is 6.20 Å². The first-order valence-corrected chi connectivity index (χ1v) is 10.0. The van der Waals surface area contributed by atoms with Crippen LogP contribution in [0.2, 0.25) is 0 Å². The predicted octanol–water partition coefficient (Wildman–Crippen LogP) is 3.81. The molecule has 1 amide bonds. The van der Waals surface area contributed by atoms with Crippen LogP contribution in [0.5, 0.6) is 0 Å². The molecule has 27 heavy (non-hydrogen) atoms. The van der Waals surface area contributed by atoms with Crippen LogP contribution in [0.25, 0.3) is 0 Å². The minimum Gasteiger partial charge on any atom is -0.337 e. The third-order valence-corrected chi connectivity index (χ3v) is 6.33. The second kappa shape index (κ2) is 7.43. The van der Waals surface area contributed by atoms with E-state index in [1.807, 2.05) is 23.1 Å². The minimum absolute atomic E-state index is 0.0676. The van der Waals surface area contributed by atoms with Gasteiger partial charge >= 0.3 is 0 Å². The third kappa shape index (κ3) is 3.77. The summed E-state index contributed by atoms with van der Waals surface area (Å²) in [5.41, 5.74) is 2.29. The van der Waals surface area contributed by atoms with Crippen LogP contribution in [0.4, 0.5) is 0 Å². The second-order valence-electron chi connectivity index (χ2n) is 8.62. The summed E-state index contributed by atoms with van der Waals surface area (Å²) in [7, 11) is 0. The van der Waals surface area contributed by atoms with E-state index >= 15 is 0 Å². The zero-order chi connectivity index (χ0) is 18.9. The van der Waals surface area contributed by atoms with E-state index in [-0.39, 0.29) is 11.3 Å². The zero-order valence-corrected chi connectivity index (χ0v) is 16.3. The highest BCUT2D eigenvalue weighted by atomic mass is 16.2. The molecule has 2 saturated heterocycles. The molecule has 0 saturated carbocycles. The standard InChI is InChI=1S/C23H29N3O/c1-23(2)17-26(16-20(23)18-8-4-3-5-9-18)19-11-14-25(15-12-19)22(27)21-10-6-7-13-24-21/h3-10,13,19-20H,11-12,14-17H2,1-2H3/t20-/m1/s1. The molecule has 1 atom stereocenters. The maximum absolute atomic E-state index is 12.6. The van der Waals surface area contributed by atoms with Gasteiger partial charge in [0.2, 0.25) is 0 Å². The molecule has 2 fully saturated rings. The van der Waals surface area contributed by atoms with Gasteiger partial charge in [-0.15, -0.1) is 0 Å². The lowest BCUT2D eigenvalue weighted by Crippen LogP contribution is -2.46. The molecule has 1 aromatic heterocycles. The van der Waals surface area contributed by atoms with Crippen molar-refractivity contribution in [1.82, 2.24) is 14.8 Å². The summed E-state index contributed by atoms with van der Waals surface area (Å²) in [5, 5.41) is 0. The first-order chi connectivity index (χ1) is 13.0. The number of aromatic nitrogens is 1.